The molecule has 4 rings (SSSR count). The minimum atomic E-state index is -0.266. The van der Waals surface area contributed by atoms with Crippen molar-refractivity contribution in [1.82, 2.24) is 9.88 Å². The predicted octanol–water partition coefficient (Wildman–Crippen LogP) is 4.08. The van der Waals surface area contributed by atoms with Crippen LogP contribution in [0.25, 0.3) is 0 Å². The van der Waals surface area contributed by atoms with Gasteiger partial charge in [-0.25, -0.2) is 4.98 Å². The van der Waals surface area contributed by atoms with E-state index in [2.05, 4.69) is 44.7 Å². The van der Waals surface area contributed by atoms with Crippen LogP contribution in [0.15, 0.2) is 30.3 Å². The first-order chi connectivity index (χ1) is 14.1. The molecule has 0 saturated heterocycles. The number of nitrogens with zero attached hydrogens (tertiary/aromatic N) is 3. The lowest BCUT2D eigenvalue weighted by Gasteiger charge is -2.65. The quantitative estimate of drug-likeness (QED) is 0.730. The predicted molar refractivity (Wildman–Crippen MR) is 114 cm³/mol. The number of nitriles is 1. The molecule has 0 spiro atoms. The molecule has 0 radical (unpaired) electrons. The van der Waals surface area contributed by atoms with Crippen molar-refractivity contribution in [3.05, 3.63) is 58.4 Å². The lowest BCUT2D eigenvalue weighted by molar-refractivity contribution is -0.199. The van der Waals surface area contributed by atoms with E-state index in [9.17, 15) is 4.79 Å². The first-order valence-corrected chi connectivity index (χ1v) is 10.1. The maximum absolute atomic E-state index is 13.1. The van der Waals surface area contributed by atoms with E-state index in [-0.39, 0.29) is 28.9 Å². The summed E-state index contributed by atoms with van der Waals surface area (Å²) >= 11 is 0. The zero-order chi connectivity index (χ0) is 21.8. The van der Waals surface area contributed by atoms with Gasteiger partial charge in [0.15, 0.2) is 0 Å². The van der Waals surface area contributed by atoms with Crippen molar-refractivity contribution < 1.29 is 9.53 Å². The Hall–Kier alpha value is -3.31. The number of pyridine rings is 1. The molecule has 2 aliphatic rings. The lowest BCUT2D eigenvalue weighted by Crippen LogP contribution is -2.74. The summed E-state index contributed by atoms with van der Waals surface area (Å²) in [6, 6.07) is 11.2. The van der Waals surface area contributed by atoms with Crippen molar-refractivity contribution in [1.29, 1.82) is 5.26 Å². The standard InChI is InChI=1S/C25H25N3O2/c1-7-17-9-11-19-20(27-17)14-28(21(19)29)22-24(3,4)23(25(22,5)6)30-18-10-8-16(13-26)15(2)12-18/h1,8-12,22-23H,14H2,2-6H3. The van der Waals surface area contributed by atoms with E-state index >= 15 is 0 Å². The summed E-state index contributed by atoms with van der Waals surface area (Å²) in [7, 11) is 0. The third-order valence-corrected chi connectivity index (χ3v) is 6.58. The molecule has 2 aromatic rings. The fourth-order valence-electron chi connectivity index (χ4n) is 5.68. The Bertz CT molecular complexity index is 1120. The monoisotopic (exact) mass is 399 g/mol. The molecule has 1 aliphatic carbocycles. The first kappa shape index (κ1) is 20.0. The Labute approximate surface area is 177 Å². The van der Waals surface area contributed by atoms with Gasteiger partial charge in [-0.05, 0) is 42.8 Å². The minimum Gasteiger partial charge on any atom is -0.489 e. The van der Waals surface area contributed by atoms with Crippen LogP contribution in [0.4, 0.5) is 0 Å². The van der Waals surface area contributed by atoms with E-state index in [0.29, 0.717) is 23.4 Å². The largest absolute Gasteiger partial charge is 0.489 e. The molecule has 1 aliphatic heterocycles. The van der Waals surface area contributed by atoms with Gasteiger partial charge < -0.3 is 9.64 Å². The molecule has 0 atom stereocenters. The van der Waals surface area contributed by atoms with Crippen LogP contribution in [0.1, 0.15) is 60.6 Å². The molecule has 5 heteroatoms. The Kier molecular flexibility index (Phi) is 4.40. The van der Waals surface area contributed by atoms with Gasteiger partial charge in [-0.15, -0.1) is 6.42 Å². The minimum absolute atomic E-state index is 0.000103. The zero-order valence-corrected chi connectivity index (χ0v) is 18.0. The molecule has 0 N–H and O–H groups in total. The van der Waals surface area contributed by atoms with Crippen LogP contribution < -0.4 is 4.74 Å². The summed E-state index contributed by atoms with van der Waals surface area (Å²) in [6.07, 6.45) is 5.38. The summed E-state index contributed by atoms with van der Waals surface area (Å²) in [5.41, 5.74) is 2.93. The number of hydrogen-bond donors (Lipinski definition) is 0. The number of fused-ring (bicyclic) bond motifs is 1. The summed E-state index contributed by atoms with van der Waals surface area (Å²) in [5, 5.41) is 9.16. The first-order valence-electron chi connectivity index (χ1n) is 10.1. The van der Waals surface area contributed by atoms with Crippen LogP contribution in [-0.2, 0) is 6.54 Å². The highest BCUT2D eigenvalue weighted by Gasteiger charge is 2.67. The molecule has 1 fully saturated rings. The number of benzene rings is 1. The third kappa shape index (κ3) is 2.77. The van der Waals surface area contributed by atoms with Crippen molar-refractivity contribution in [2.24, 2.45) is 10.8 Å². The summed E-state index contributed by atoms with van der Waals surface area (Å²) in [5.74, 6) is 3.28. The molecule has 30 heavy (non-hydrogen) atoms. The van der Waals surface area contributed by atoms with Crippen LogP contribution in [0.3, 0.4) is 0 Å². The molecular weight excluding hydrogens is 374 g/mol. The Morgan fingerprint density at radius 2 is 1.90 bits per heavy atom. The highest BCUT2D eigenvalue weighted by Crippen LogP contribution is 2.59. The van der Waals surface area contributed by atoms with Gasteiger partial charge in [0.1, 0.15) is 17.5 Å². The smallest absolute Gasteiger partial charge is 0.256 e. The van der Waals surface area contributed by atoms with Crippen molar-refractivity contribution >= 4 is 5.91 Å². The molecule has 1 amide bonds. The SMILES string of the molecule is C#Cc1ccc2c(n1)CN(C1C(C)(C)C(Oc3ccc(C#N)c(C)c3)C1(C)C)C2=O. The van der Waals surface area contributed by atoms with Crippen molar-refractivity contribution in [3.8, 4) is 24.2 Å². The van der Waals surface area contributed by atoms with E-state index in [1.54, 1.807) is 18.2 Å². The normalized spacial score (nSPS) is 23.2. The van der Waals surface area contributed by atoms with Gasteiger partial charge in [-0.3, -0.25) is 4.79 Å². The number of terminal acetylenes is 1. The van der Waals surface area contributed by atoms with E-state index in [0.717, 1.165) is 17.0 Å². The maximum Gasteiger partial charge on any atom is 0.256 e. The second-order valence-electron chi connectivity index (χ2n) is 9.40. The van der Waals surface area contributed by atoms with Crippen LogP contribution in [0.2, 0.25) is 0 Å². The molecule has 0 bridgehead atoms. The Morgan fingerprint density at radius 1 is 1.20 bits per heavy atom. The molecule has 5 nitrogen and oxygen atoms in total. The molecule has 1 aromatic carbocycles. The van der Waals surface area contributed by atoms with E-state index in [4.69, 9.17) is 16.4 Å². The van der Waals surface area contributed by atoms with Gasteiger partial charge in [0.2, 0.25) is 0 Å². The maximum atomic E-state index is 13.1. The van der Waals surface area contributed by atoms with Gasteiger partial charge in [-0.2, -0.15) is 5.26 Å². The summed E-state index contributed by atoms with van der Waals surface area (Å²) in [4.78, 5) is 19.5. The number of aryl methyl sites for hydroxylation is 1. The van der Waals surface area contributed by atoms with Gasteiger partial charge in [0.05, 0.1) is 29.4 Å². The van der Waals surface area contributed by atoms with E-state index in [1.807, 2.05) is 24.0 Å². The molecular formula is C25H25N3O2. The van der Waals surface area contributed by atoms with Crippen LogP contribution in [-0.4, -0.2) is 27.9 Å². The average molecular weight is 399 g/mol. The number of carbonyl (C=O) groups is 1. The van der Waals surface area contributed by atoms with E-state index < -0.39 is 0 Å². The zero-order valence-electron chi connectivity index (χ0n) is 18.0. The van der Waals surface area contributed by atoms with E-state index in [1.165, 1.54) is 0 Å². The van der Waals surface area contributed by atoms with Crippen molar-refractivity contribution in [2.45, 2.75) is 53.3 Å². The fourth-order valence-corrected chi connectivity index (χ4v) is 5.68. The van der Waals surface area contributed by atoms with Gasteiger partial charge >= 0.3 is 0 Å². The number of ether oxygens (including phenoxy) is 1. The van der Waals surface area contributed by atoms with Crippen molar-refractivity contribution in [3.63, 3.8) is 0 Å². The third-order valence-electron chi connectivity index (χ3n) is 6.58. The number of amides is 1. The second-order valence-corrected chi connectivity index (χ2v) is 9.40. The lowest BCUT2D eigenvalue weighted by atomic mass is 9.49. The van der Waals surface area contributed by atoms with Crippen LogP contribution in [0, 0.1) is 41.4 Å². The topological polar surface area (TPSA) is 66.2 Å². The molecule has 1 saturated carbocycles. The summed E-state index contributed by atoms with van der Waals surface area (Å²) < 4.78 is 6.41. The average Bonchev–Trinajstić information content (AvgIpc) is 3.00. The summed E-state index contributed by atoms with van der Waals surface area (Å²) in [6.45, 7) is 10.9. The van der Waals surface area contributed by atoms with Gasteiger partial charge in [-0.1, -0.05) is 33.6 Å². The fraction of sp³-hybridized carbons (Fsp3) is 0.400. The Balaban J connectivity index is 1.60. The molecule has 152 valence electrons. The highest BCUT2D eigenvalue weighted by molar-refractivity contribution is 5.98. The molecule has 0 unspecified atom stereocenters. The number of aromatic nitrogens is 1. The van der Waals surface area contributed by atoms with Crippen LogP contribution in [0.5, 0.6) is 5.75 Å². The number of carbonyl (C=O) groups excluding carboxylic acids is 1. The van der Waals surface area contributed by atoms with Gasteiger partial charge in [0.25, 0.3) is 5.91 Å². The Morgan fingerprint density at radius 3 is 2.50 bits per heavy atom. The molecule has 1 aromatic heterocycles. The number of rotatable bonds is 3. The van der Waals surface area contributed by atoms with Crippen LogP contribution >= 0.6 is 0 Å². The highest BCUT2D eigenvalue weighted by atomic mass is 16.5. The van der Waals surface area contributed by atoms with Gasteiger partial charge in [0, 0.05) is 16.9 Å². The number of hydrogen-bond acceptors (Lipinski definition) is 4. The molecule has 2 heterocycles. The second kappa shape index (κ2) is 6.61. The van der Waals surface area contributed by atoms with Crippen molar-refractivity contribution in [2.75, 3.05) is 0 Å².